The van der Waals surface area contributed by atoms with E-state index in [1.807, 2.05) is 19.1 Å². The van der Waals surface area contributed by atoms with Gasteiger partial charge in [-0.1, -0.05) is 39.0 Å². The number of rotatable bonds is 4. The van der Waals surface area contributed by atoms with E-state index in [1.165, 1.54) is 6.07 Å². The van der Waals surface area contributed by atoms with Crippen molar-refractivity contribution in [3.05, 3.63) is 35.6 Å². The van der Waals surface area contributed by atoms with Crippen molar-refractivity contribution < 1.29 is 4.39 Å². The summed E-state index contributed by atoms with van der Waals surface area (Å²) in [6.07, 6.45) is 1.09. The minimum absolute atomic E-state index is 0.0727. The highest BCUT2D eigenvalue weighted by Gasteiger charge is 2.12. The Hall–Kier alpha value is -0.890. The minimum atomic E-state index is -0.127. The van der Waals surface area contributed by atoms with Crippen LogP contribution in [-0.2, 0) is 0 Å². The van der Waals surface area contributed by atoms with Crippen LogP contribution >= 0.6 is 0 Å². The van der Waals surface area contributed by atoms with E-state index in [0.29, 0.717) is 5.41 Å². The molecule has 1 atom stereocenters. The molecule has 0 aliphatic rings. The van der Waals surface area contributed by atoms with Crippen LogP contribution in [0.3, 0.4) is 0 Å². The van der Waals surface area contributed by atoms with E-state index >= 15 is 0 Å². The fourth-order valence-electron chi connectivity index (χ4n) is 1.60. The monoisotopic (exact) mass is 223 g/mol. The van der Waals surface area contributed by atoms with Gasteiger partial charge < -0.3 is 5.32 Å². The van der Waals surface area contributed by atoms with Crippen molar-refractivity contribution in [1.29, 1.82) is 0 Å². The van der Waals surface area contributed by atoms with Crippen molar-refractivity contribution in [2.75, 3.05) is 6.54 Å². The SMILES string of the molecule is CC(NCCC(C)(C)C)c1ccccc1F. The Balaban J connectivity index is 2.47. The van der Waals surface area contributed by atoms with Crippen LogP contribution in [0.5, 0.6) is 0 Å². The Labute approximate surface area is 98.1 Å². The predicted octanol–water partition coefficient (Wildman–Crippen LogP) is 3.91. The lowest BCUT2D eigenvalue weighted by Gasteiger charge is -2.21. The van der Waals surface area contributed by atoms with Gasteiger partial charge in [0.05, 0.1) is 0 Å². The van der Waals surface area contributed by atoms with E-state index < -0.39 is 0 Å². The van der Waals surface area contributed by atoms with E-state index in [2.05, 4.69) is 26.1 Å². The molecule has 1 aromatic rings. The molecule has 1 aromatic carbocycles. The van der Waals surface area contributed by atoms with Crippen molar-refractivity contribution >= 4 is 0 Å². The maximum absolute atomic E-state index is 13.5. The first kappa shape index (κ1) is 13.2. The molecule has 0 saturated heterocycles. The quantitative estimate of drug-likeness (QED) is 0.816. The summed E-state index contributed by atoms with van der Waals surface area (Å²) in [7, 11) is 0. The van der Waals surface area contributed by atoms with Crippen LogP contribution in [0.15, 0.2) is 24.3 Å². The molecule has 0 fully saturated rings. The van der Waals surface area contributed by atoms with E-state index in [9.17, 15) is 4.39 Å². The molecule has 0 aromatic heterocycles. The molecule has 2 heteroatoms. The predicted molar refractivity (Wildman–Crippen MR) is 66.9 cm³/mol. The topological polar surface area (TPSA) is 12.0 Å². The third kappa shape index (κ3) is 4.31. The van der Waals surface area contributed by atoms with Crippen LogP contribution in [0.1, 0.15) is 45.7 Å². The summed E-state index contributed by atoms with van der Waals surface area (Å²) in [5.41, 5.74) is 1.07. The summed E-state index contributed by atoms with van der Waals surface area (Å²) in [5, 5.41) is 3.36. The van der Waals surface area contributed by atoms with Crippen LogP contribution in [0.25, 0.3) is 0 Å². The molecule has 16 heavy (non-hydrogen) atoms. The number of hydrogen-bond acceptors (Lipinski definition) is 1. The number of benzene rings is 1. The Bertz CT molecular complexity index is 328. The van der Waals surface area contributed by atoms with E-state index in [-0.39, 0.29) is 11.9 Å². The van der Waals surface area contributed by atoms with Crippen molar-refractivity contribution in [1.82, 2.24) is 5.32 Å². The summed E-state index contributed by atoms with van der Waals surface area (Å²) < 4.78 is 13.5. The minimum Gasteiger partial charge on any atom is -0.310 e. The van der Waals surface area contributed by atoms with Crippen LogP contribution < -0.4 is 5.32 Å². The van der Waals surface area contributed by atoms with Gasteiger partial charge in [0.15, 0.2) is 0 Å². The van der Waals surface area contributed by atoms with Gasteiger partial charge in [-0.2, -0.15) is 0 Å². The molecular formula is C14H22FN. The fraction of sp³-hybridized carbons (Fsp3) is 0.571. The van der Waals surface area contributed by atoms with E-state index in [0.717, 1.165) is 18.5 Å². The first-order chi connectivity index (χ1) is 7.40. The van der Waals surface area contributed by atoms with Crippen LogP contribution in [0.2, 0.25) is 0 Å². The molecule has 0 aliphatic carbocycles. The molecule has 0 heterocycles. The van der Waals surface area contributed by atoms with E-state index in [1.54, 1.807) is 6.07 Å². The molecule has 0 saturated carbocycles. The molecule has 1 rings (SSSR count). The van der Waals surface area contributed by atoms with Gasteiger partial charge in [0.2, 0.25) is 0 Å². The third-order valence-electron chi connectivity index (χ3n) is 2.70. The molecule has 0 spiro atoms. The molecule has 1 N–H and O–H groups in total. The van der Waals surface area contributed by atoms with Crippen molar-refractivity contribution in [3.8, 4) is 0 Å². The second-order valence-electron chi connectivity index (χ2n) is 5.51. The standard InChI is InChI=1S/C14H22FN/c1-11(16-10-9-14(2,3)4)12-7-5-6-8-13(12)15/h5-8,11,16H,9-10H2,1-4H3. The van der Waals surface area contributed by atoms with E-state index in [4.69, 9.17) is 0 Å². The molecule has 1 unspecified atom stereocenters. The van der Waals surface area contributed by atoms with Crippen LogP contribution in [0.4, 0.5) is 4.39 Å². The lowest BCUT2D eigenvalue weighted by Crippen LogP contribution is -2.24. The number of halogens is 1. The molecular weight excluding hydrogens is 201 g/mol. The number of hydrogen-bond donors (Lipinski definition) is 1. The maximum Gasteiger partial charge on any atom is 0.127 e. The normalized spacial score (nSPS) is 13.8. The Kier molecular flexibility index (Phi) is 4.48. The van der Waals surface area contributed by atoms with Gasteiger partial charge in [0.1, 0.15) is 5.82 Å². The Morgan fingerprint density at radius 3 is 2.44 bits per heavy atom. The van der Waals surface area contributed by atoms with Crippen LogP contribution in [-0.4, -0.2) is 6.54 Å². The molecule has 0 amide bonds. The average Bonchev–Trinajstić information content (AvgIpc) is 2.16. The summed E-state index contributed by atoms with van der Waals surface area (Å²) in [4.78, 5) is 0. The van der Waals surface area contributed by atoms with Crippen molar-refractivity contribution in [2.45, 2.75) is 40.2 Å². The second-order valence-corrected chi connectivity index (χ2v) is 5.51. The fourth-order valence-corrected chi connectivity index (χ4v) is 1.60. The highest BCUT2D eigenvalue weighted by Crippen LogP contribution is 2.19. The summed E-state index contributed by atoms with van der Waals surface area (Å²) >= 11 is 0. The highest BCUT2D eigenvalue weighted by atomic mass is 19.1. The highest BCUT2D eigenvalue weighted by molar-refractivity contribution is 5.20. The summed E-state index contributed by atoms with van der Waals surface area (Å²) in [6.45, 7) is 9.55. The first-order valence-electron chi connectivity index (χ1n) is 5.88. The zero-order valence-electron chi connectivity index (χ0n) is 10.7. The van der Waals surface area contributed by atoms with Gasteiger partial charge in [0, 0.05) is 11.6 Å². The van der Waals surface area contributed by atoms with Gasteiger partial charge in [0.25, 0.3) is 0 Å². The molecule has 90 valence electrons. The zero-order valence-corrected chi connectivity index (χ0v) is 10.7. The smallest absolute Gasteiger partial charge is 0.127 e. The van der Waals surface area contributed by atoms with Crippen LogP contribution in [0, 0.1) is 11.2 Å². The number of nitrogens with one attached hydrogen (secondary N) is 1. The maximum atomic E-state index is 13.5. The Morgan fingerprint density at radius 1 is 1.25 bits per heavy atom. The lowest BCUT2D eigenvalue weighted by molar-refractivity contribution is 0.356. The molecule has 0 radical (unpaired) electrons. The van der Waals surface area contributed by atoms with Gasteiger partial charge in [-0.15, -0.1) is 0 Å². The largest absolute Gasteiger partial charge is 0.310 e. The lowest BCUT2D eigenvalue weighted by atomic mass is 9.92. The second kappa shape index (κ2) is 5.44. The molecule has 1 nitrogen and oxygen atoms in total. The van der Waals surface area contributed by atoms with Crippen molar-refractivity contribution in [2.24, 2.45) is 5.41 Å². The van der Waals surface area contributed by atoms with Gasteiger partial charge >= 0.3 is 0 Å². The van der Waals surface area contributed by atoms with Gasteiger partial charge in [-0.05, 0) is 31.4 Å². The first-order valence-corrected chi connectivity index (χ1v) is 5.88. The summed E-state index contributed by atoms with van der Waals surface area (Å²) in [6, 6.07) is 7.02. The van der Waals surface area contributed by atoms with Gasteiger partial charge in [-0.25, -0.2) is 4.39 Å². The van der Waals surface area contributed by atoms with Crippen molar-refractivity contribution in [3.63, 3.8) is 0 Å². The average molecular weight is 223 g/mol. The molecule has 0 aliphatic heterocycles. The van der Waals surface area contributed by atoms with Gasteiger partial charge in [-0.3, -0.25) is 0 Å². The molecule has 0 bridgehead atoms. The summed E-state index contributed by atoms with van der Waals surface area (Å²) in [5.74, 6) is -0.127. The Morgan fingerprint density at radius 2 is 1.88 bits per heavy atom. The zero-order chi connectivity index (χ0) is 12.2. The third-order valence-corrected chi connectivity index (χ3v) is 2.70.